The van der Waals surface area contributed by atoms with Crippen LogP contribution in [-0.4, -0.2) is 35.6 Å². The fourth-order valence-electron chi connectivity index (χ4n) is 1.75. The number of rotatable bonds is 2. The molecule has 3 heteroatoms. The number of nitrogens with zero attached hydrogens (tertiary/aromatic N) is 1. The second-order valence-electron chi connectivity index (χ2n) is 4.20. The number of hydrogen-bond acceptors (Lipinski definition) is 2. The van der Waals surface area contributed by atoms with E-state index in [0.717, 1.165) is 25.0 Å². The normalized spacial score (nSPS) is 21.9. The second kappa shape index (κ2) is 5.15. The highest BCUT2D eigenvalue weighted by molar-refractivity contribution is 5.88. The van der Waals surface area contributed by atoms with E-state index in [9.17, 15) is 4.79 Å². The first-order valence-corrected chi connectivity index (χ1v) is 5.18. The van der Waals surface area contributed by atoms with Gasteiger partial charge in [-0.1, -0.05) is 5.57 Å². The van der Waals surface area contributed by atoms with Gasteiger partial charge < -0.3 is 10.0 Å². The number of aliphatic hydroxyl groups excluding tert-OH is 1. The van der Waals surface area contributed by atoms with Crippen LogP contribution in [0.4, 0.5) is 0 Å². The first-order chi connectivity index (χ1) is 6.63. The van der Waals surface area contributed by atoms with Crippen molar-refractivity contribution in [1.29, 1.82) is 0 Å². The van der Waals surface area contributed by atoms with E-state index in [1.807, 2.05) is 18.7 Å². The van der Waals surface area contributed by atoms with Crippen LogP contribution in [0.1, 0.15) is 26.7 Å². The van der Waals surface area contributed by atoms with Crippen molar-refractivity contribution in [2.75, 3.05) is 19.7 Å². The minimum atomic E-state index is 0.0863. The quantitative estimate of drug-likeness (QED) is 0.675. The average Bonchev–Trinajstić information content (AvgIpc) is 2.17. The highest BCUT2D eigenvalue weighted by Crippen LogP contribution is 2.16. The molecule has 1 rings (SSSR count). The van der Waals surface area contributed by atoms with E-state index >= 15 is 0 Å². The van der Waals surface area contributed by atoms with Gasteiger partial charge in [0.15, 0.2) is 0 Å². The summed E-state index contributed by atoms with van der Waals surface area (Å²) >= 11 is 0. The molecule has 1 fully saturated rings. The lowest BCUT2D eigenvalue weighted by Crippen LogP contribution is -2.40. The Bertz CT molecular complexity index is 231. The Morgan fingerprint density at radius 2 is 2.29 bits per heavy atom. The van der Waals surface area contributed by atoms with Crippen molar-refractivity contribution in [3.05, 3.63) is 11.6 Å². The Balaban J connectivity index is 2.51. The number of likely N-dealkylation sites (tertiary alicyclic amines) is 1. The first-order valence-electron chi connectivity index (χ1n) is 5.18. The van der Waals surface area contributed by atoms with Gasteiger partial charge in [-0.2, -0.15) is 0 Å². The summed E-state index contributed by atoms with van der Waals surface area (Å²) in [5, 5.41) is 9.02. The first kappa shape index (κ1) is 11.2. The number of carbonyl (C=O) groups is 1. The zero-order valence-corrected chi connectivity index (χ0v) is 8.99. The molecule has 0 aliphatic carbocycles. The summed E-state index contributed by atoms with van der Waals surface area (Å²) in [5.74, 6) is 0.362. The van der Waals surface area contributed by atoms with Crippen molar-refractivity contribution in [2.45, 2.75) is 26.7 Å². The molecule has 80 valence electrons. The van der Waals surface area contributed by atoms with E-state index < -0.39 is 0 Å². The van der Waals surface area contributed by atoms with Crippen LogP contribution in [0.25, 0.3) is 0 Å². The van der Waals surface area contributed by atoms with Gasteiger partial charge in [0.05, 0.1) is 0 Å². The van der Waals surface area contributed by atoms with Gasteiger partial charge in [-0.15, -0.1) is 0 Å². The van der Waals surface area contributed by atoms with Crippen molar-refractivity contribution >= 4 is 5.91 Å². The molecular formula is C11H19NO2. The van der Waals surface area contributed by atoms with Crippen LogP contribution >= 0.6 is 0 Å². The van der Waals surface area contributed by atoms with Crippen molar-refractivity contribution in [2.24, 2.45) is 5.92 Å². The van der Waals surface area contributed by atoms with Gasteiger partial charge in [-0.25, -0.2) is 0 Å². The predicted octanol–water partition coefficient (Wildman–Crippen LogP) is 1.18. The number of piperidine rings is 1. The third kappa shape index (κ3) is 3.14. The molecule has 1 unspecified atom stereocenters. The lowest BCUT2D eigenvalue weighted by Gasteiger charge is -2.31. The molecule has 14 heavy (non-hydrogen) atoms. The number of amides is 1. The molecule has 0 bridgehead atoms. The van der Waals surface area contributed by atoms with E-state index in [1.165, 1.54) is 0 Å². The molecule has 0 aromatic carbocycles. The lowest BCUT2D eigenvalue weighted by atomic mass is 9.99. The van der Waals surface area contributed by atoms with Crippen LogP contribution in [0.2, 0.25) is 0 Å². The maximum absolute atomic E-state index is 11.6. The van der Waals surface area contributed by atoms with Crippen molar-refractivity contribution < 1.29 is 9.90 Å². The van der Waals surface area contributed by atoms with Gasteiger partial charge in [0.25, 0.3) is 0 Å². The largest absolute Gasteiger partial charge is 0.396 e. The van der Waals surface area contributed by atoms with Crippen LogP contribution in [0, 0.1) is 5.92 Å². The second-order valence-corrected chi connectivity index (χ2v) is 4.20. The molecular weight excluding hydrogens is 178 g/mol. The fraction of sp³-hybridized carbons (Fsp3) is 0.727. The van der Waals surface area contributed by atoms with Crippen LogP contribution in [0.3, 0.4) is 0 Å². The Labute approximate surface area is 85.4 Å². The standard InChI is InChI=1S/C11H19NO2/c1-9(2)6-11(14)12-5-3-4-10(7-12)8-13/h6,10,13H,3-5,7-8H2,1-2H3. The lowest BCUT2D eigenvalue weighted by molar-refractivity contribution is -0.128. The molecule has 1 heterocycles. The molecule has 1 amide bonds. The van der Waals surface area contributed by atoms with E-state index in [-0.39, 0.29) is 18.4 Å². The topological polar surface area (TPSA) is 40.5 Å². The van der Waals surface area contributed by atoms with Crippen molar-refractivity contribution in [1.82, 2.24) is 4.90 Å². The summed E-state index contributed by atoms with van der Waals surface area (Å²) in [6, 6.07) is 0. The number of carbonyl (C=O) groups excluding carboxylic acids is 1. The molecule has 1 aliphatic rings. The zero-order chi connectivity index (χ0) is 10.6. The number of hydrogen-bond donors (Lipinski definition) is 1. The van der Waals surface area contributed by atoms with Gasteiger partial charge in [0.1, 0.15) is 0 Å². The molecule has 0 aromatic heterocycles. The molecule has 1 aliphatic heterocycles. The van der Waals surface area contributed by atoms with Crippen LogP contribution < -0.4 is 0 Å². The molecule has 0 saturated carbocycles. The van der Waals surface area contributed by atoms with Crippen molar-refractivity contribution in [3.63, 3.8) is 0 Å². The highest BCUT2D eigenvalue weighted by atomic mass is 16.3. The van der Waals surface area contributed by atoms with Gasteiger partial charge in [-0.05, 0) is 32.6 Å². The smallest absolute Gasteiger partial charge is 0.246 e. The summed E-state index contributed by atoms with van der Waals surface area (Å²) in [7, 11) is 0. The highest BCUT2D eigenvalue weighted by Gasteiger charge is 2.21. The minimum Gasteiger partial charge on any atom is -0.396 e. The summed E-state index contributed by atoms with van der Waals surface area (Å²) in [6.07, 6.45) is 3.71. The summed E-state index contributed by atoms with van der Waals surface area (Å²) in [6.45, 7) is 5.58. The van der Waals surface area contributed by atoms with Gasteiger partial charge >= 0.3 is 0 Å². The van der Waals surface area contributed by atoms with Crippen LogP contribution in [0.5, 0.6) is 0 Å². The molecule has 1 N–H and O–H groups in total. The fourth-order valence-corrected chi connectivity index (χ4v) is 1.75. The van der Waals surface area contributed by atoms with Crippen molar-refractivity contribution in [3.8, 4) is 0 Å². The number of aliphatic hydroxyl groups is 1. The van der Waals surface area contributed by atoms with Gasteiger partial charge in [-0.3, -0.25) is 4.79 Å². The zero-order valence-electron chi connectivity index (χ0n) is 8.99. The van der Waals surface area contributed by atoms with Crippen LogP contribution in [-0.2, 0) is 4.79 Å². The molecule has 0 radical (unpaired) electrons. The van der Waals surface area contributed by atoms with Crippen LogP contribution in [0.15, 0.2) is 11.6 Å². The minimum absolute atomic E-state index is 0.0863. The molecule has 1 saturated heterocycles. The molecule has 0 spiro atoms. The molecule has 1 atom stereocenters. The molecule has 0 aromatic rings. The van der Waals surface area contributed by atoms with Gasteiger partial charge in [0.2, 0.25) is 5.91 Å². The number of allylic oxidation sites excluding steroid dienone is 1. The predicted molar refractivity (Wildman–Crippen MR) is 55.8 cm³/mol. The van der Waals surface area contributed by atoms with E-state index in [4.69, 9.17) is 5.11 Å². The summed E-state index contributed by atoms with van der Waals surface area (Å²) in [4.78, 5) is 13.5. The maximum atomic E-state index is 11.6. The Hall–Kier alpha value is -0.830. The third-order valence-electron chi connectivity index (χ3n) is 2.50. The van der Waals surface area contributed by atoms with E-state index in [0.29, 0.717) is 6.54 Å². The van der Waals surface area contributed by atoms with E-state index in [2.05, 4.69) is 0 Å². The summed E-state index contributed by atoms with van der Waals surface area (Å²) in [5.41, 5.74) is 1.03. The van der Waals surface area contributed by atoms with E-state index in [1.54, 1.807) is 6.08 Å². The maximum Gasteiger partial charge on any atom is 0.246 e. The SMILES string of the molecule is CC(C)=CC(=O)N1CCCC(CO)C1. The Kier molecular flexibility index (Phi) is 4.14. The third-order valence-corrected chi connectivity index (χ3v) is 2.50. The molecule has 3 nitrogen and oxygen atoms in total. The monoisotopic (exact) mass is 197 g/mol. The Morgan fingerprint density at radius 3 is 2.86 bits per heavy atom. The Morgan fingerprint density at radius 1 is 1.57 bits per heavy atom. The summed E-state index contributed by atoms with van der Waals surface area (Å²) < 4.78 is 0. The average molecular weight is 197 g/mol. The van der Waals surface area contributed by atoms with Gasteiger partial charge in [0, 0.05) is 25.8 Å².